The van der Waals surface area contributed by atoms with Crippen molar-refractivity contribution in [3.05, 3.63) is 12.2 Å². The molecule has 0 saturated heterocycles. The molecule has 0 amide bonds. The van der Waals surface area contributed by atoms with E-state index in [2.05, 4.69) is 27.4 Å². The first-order chi connectivity index (χ1) is 15.4. The van der Waals surface area contributed by atoms with E-state index in [0.717, 1.165) is 0 Å². The number of hydrogen-bond acceptors (Lipinski definition) is 9. The Kier molecular flexibility index (Phi) is 12.5. The molecule has 1 N–H and O–H groups in total. The van der Waals surface area contributed by atoms with Crippen LogP contribution in [0.3, 0.4) is 0 Å². The molecule has 34 heavy (non-hydrogen) atoms. The van der Waals surface area contributed by atoms with Crippen molar-refractivity contribution in [2.24, 2.45) is 16.2 Å². The molecular weight excluding hydrogens is 444 g/mol. The summed E-state index contributed by atoms with van der Waals surface area (Å²) in [5, 5.41) is 9.65. The van der Waals surface area contributed by atoms with Crippen LogP contribution in [-0.2, 0) is 38.1 Å². The maximum atomic E-state index is 12.8. The fourth-order valence-corrected chi connectivity index (χ4v) is 3.03. The van der Waals surface area contributed by atoms with Crippen molar-refractivity contribution >= 4 is 23.9 Å². The lowest BCUT2D eigenvalue weighted by atomic mass is 9.61. The van der Waals surface area contributed by atoms with E-state index in [1.807, 2.05) is 27.7 Å². The van der Waals surface area contributed by atoms with Gasteiger partial charge in [-0.2, -0.15) is 0 Å². The fourth-order valence-electron chi connectivity index (χ4n) is 3.03. The number of carbonyl (C=O) groups excluding carboxylic acids is 4. The van der Waals surface area contributed by atoms with E-state index in [4.69, 9.17) is 18.9 Å². The molecule has 2 unspecified atom stereocenters. The van der Waals surface area contributed by atoms with Crippen LogP contribution in [0, 0.1) is 16.2 Å². The Morgan fingerprint density at radius 1 is 0.794 bits per heavy atom. The maximum absolute atomic E-state index is 12.8. The van der Waals surface area contributed by atoms with Crippen LogP contribution in [0.5, 0.6) is 0 Å². The van der Waals surface area contributed by atoms with E-state index >= 15 is 0 Å². The van der Waals surface area contributed by atoms with Gasteiger partial charge in [0.25, 0.3) is 0 Å². The largest absolute Gasteiger partial charge is 0.463 e. The molecule has 0 aliphatic rings. The van der Waals surface area contributed by atoms with Crippen molar-refractivity contribution in [1.82, 2.24) is 0 Å². The van der Waals surface area contributed by atoms with Crippen molar-refractivity contribution < 1.29 is 43.2 Å². The Balaban J connectivity index is 4.29. The molecule has 0 saturated carbocycles. The topological polar surface area (TPSA) is 125 Å². The van der Waals surface area contributed by atoms with E-state index < -0.39 is 29.4 Å². The Hall–Kier alpha value is -2.42. The summed E-state index contributed by atoms with van der Waals surface area (Å²) in [5.74, 6) is -2.35. The summed E-state index contributed by atoms with van der Waals surface area (Å²) in [6.07, 6.45) is -1.03. The highest BCUT2D eigenvalue weighted by atomic mass is 16.6. The number of aliphatic hydroxyl groups is 1. The Bertz CT molecular complexity index is 728. The van der Waals surface area contributed by atoms with Crippen molar-refractivity contribution in [3.63, 3.8) is 0 Å². The van der Waals surface area contributed by atoms with Gasteiger partial charge in [-0.05, 0) is 31.1 Å². The second-order valence-corrected chi connectivity index (χ2v) is 10.9. The van der Waals surface area contributed by atoms with Gasteiger partial charge in [0.15, 0.2) is 0 Å². The van der Waals surface area contributed by atoms with Crippen LogP contribution in [-0.4, -0.2) is 61.5 Å². The smallest absolute Gasteiger partial charge is 0.333 e. The summed E-state index contributed by atoms with van der Waals surface area (Å²) < 4.78 is 20.0. The van der Waals surface area contributed by atoms with Gasteiger partial charge in [0, 0.05) is 5.57 Å². The van der Waals surface area contributed by atoms with E-state index in [1.165, 1.54) is 6.92 Å². The highest BCUT2D eigenvalue weighted by molar-refractivity contribution is 5.86. The predicted octanol–water partition coefficient (Wildman–Crippen LogP) is 3.37. The summed E-state index contributed by atoms with van der Waals surface area (Å²) in [5.41, 5.74) is -0.931. The van der Waals surface area contributed by atoms with Gasteiger partial charge in [0.05, 0.1) is 18.3 Å². The molecule has 0 aromatic carbocycles. The number of aliphatic hydroxyl groups excluding tert-OH is 1. The van der Waals surface area contributed by atoms with Crippen molar-refractivity contribution in [2.75, 3.05) is 26.4 Å². The van der Waals surface area contributed by atoms with Gasteiger partial charge in [-0.25, -0.2) is 4.79 Å². The fraction of sp³-hybridized carbons (Fsp3) is 0.760. The molecule has 0 fully saturated rings. The molecule has 0 aliphatic heterocycles. The highest BCUT2D eigenvalue weighted by Crippen LogP contribution is 2.47. The van der Waals surface area contributed by atoms with Gasteiger partial charge < -0.3 is 24.1 Å². The van der Waals surface area contributed by atoms with E-state index in [-0.39, 0.29) is 61.6 Å². The summed E-state index contributed by atoms with van der Waals surface area (Å²) in [4.78, 5) is 47.6. The number of hydrogen-bond donors (Lipinski definition) is 1. The molecule has 0 radical (unpaired) electrons. The minimum Gasteiger partial charge on any atom is -0.463 e. The van der Waals surface area contributed by atoms with Crippen LogP contribution in [0.25, 0.3) is 0 Å². The predicted molar refractivity (Wildman–Crippen MR) is 126 cm³/mol. The van der Waals surface area contributed by atoms with Crippen molar-refractivity contribution in [2.45, 2.75) is 80.8 Å². The average Bonchev–Trinajstić information content (AvgIpc) is 2.69. The molecule has 0 aromatic rings. The van der Waals surface area contributed by atoms with Crippen molar-refractivity contribution in [1.29, 1.82) is 0 Å². The second-order valence-electron chi connectivity index (χ2n) is 10.9. The molecule has 9 nitrogen and oxygen atoms in total. The number of ether oxygens (including phenoxy) is 4. The molecule has 0 rings (SSSR count). The Morgan fingerprint density at radius 2 is 1.26 bits per heavy atom. The third-order valence-electron chi connectivity index (χ3n) is 5.29. The van der Waals surface area contributed by atoms with Crippen molar-refractivity contribution in [3.8, 4) is 0 Å². The highest BCUT2D eigenvalue weighted by Gasteiger charge is 2.47. The lowest BCUT2D eigenvalue weighted by molar-refractivity contribution is -0.168. The van der Waals surface area contributed by atoms with Crippen LogP contribution in [0.4, 0.5) is 0 Å². The molecular formula is C25H42O9. The Morgan fingerprint density at radius 3 is 1.74 bits per heavy atom. The average molecular weight is 487 g/mol. The summed E-state index contributed by atoms with van der Waals surface area (Å²) >= 11 is 0. The molecule has 0 spiro atoms. The monoisotopic (exact) mass is 486 g/mol. The standard InChI is InChI=1S/C25H42O9/c1-17(2)21(29)34-15-18(26)14-33-20(28)11-10-19(27)31-12-13-32-22(30)25(9,24(6,7)8)16-23(3,4)5/h18,26H,1,10-16H2,2-9H3. The maximum Gasteiger partial charge on any atom is 0.333 e. The molecule has 196 valence electrons. The number of rotatable bonds is 13. The zero-order valence-corrected chi connectivity index (χ0v) is 21.9. The van der Waals surface area contributed by atoms with Gasteiger partial charge in [-0.1, -0.05) is 48.1 Å². The lowest BCUT2D eigenvalue weighted by Crippen LogP contribution is -2.44. The Labute approximate surface area is 203 Å². The molecule has 0 aromatic heterocycles. The quantitative estimate of drug-likeness (QED) is 0.180. The zero-order chi connectivity index (χ0) is 26.7. The van der Waals surface area contributed by atoms with Gasteiger partial charge >= 0.3 is 23.9 Å². The van der Waals surface area contributed by atoms with E-state index in [1.54, 1.807) is 0 Å². The van der Waals surface area contributed by atoms with Crippen LogP contribution >= 0.6 is 0 Å². The SMILES string of the molecule is C=C(C)C(=O)OCC(O)COC(=O)CCC(=O)OCCOC(=O)C(C)(CC(C)(C)C)C(C)(C)C. The molecule has 0 bridgehead atoms. The first-order valence-electron chi connectivity index (χ1n) is 11.4. The minimum absolute atomic E-state index is 0.0761. The summed E-state index contributed by atoms with van der Waals surface area (Å²) in [7, 11) is 0. The number of esters is 4. The third-order valence-corrected chi connectivity index (χ3v) is 5.29. The molecule has 9 heteroatoms. The number of carbonyl (C=O) groups is 4. The third kappa shape index (κ3) is 12.2. The molecule has 0 heterocycles. The summed E-state index contributed by atoms with van der Waals surface area (Å²) in [6, 6.07) is 0. The zero-order valence-electron chi connectivity index (χ0n) is 21.9. The first kappa shape index (κ1) is 31.6. The molecule has 0 aliphatic carbocycles. The first-order valence-corrected chi connectivity index (χ1v) is 11.4. The van der Waals surface area contributed by atoms with E-state index in [9.17, 15) is 24.3 Å². The van der Waals surface area contributed by atoms with Crippen LogP contribution < -0.4 is 0 Å². The molecule has 2 atom stereocenters. The van der Waals surface area contributed by atoms with Gasteiger partial charge in [0.2, 0.25) is 0 Å². The second kappa shape index (κ2) is 13.5. The van der Waals surface area contributed by atoms with Crippen LogP contribution in [0.2, 0.25) is 0 Å². The van der Waals surface area contributed by atoms with Gasteiger partial charge in [-0.15, -0.1) is 0 Å². The normalized spacial score (nSPS) is 14.4. The summed E-state index contributed by atoms with van der Waals surface area (Å²) in [6.45, 7) is 18.0. The van der Waals surface area contributed by atoms with E-state index in [0.29, 0.717) is 6.42 Å². The van der Waals surface area contributed by atoms with Crippen LogP contribution in [0.1, 0.15) is 74.7 Å². The van der Waals surface area contributed by atoms with Gasteiger partial charge in [0.1, 0.15) is 32.5 Å². The minimum atomic E-state index is -1.19. The van der Waals surface area contributed by atoms with Gasteiger partial charge in [-0.3, -0.25) is 14.4 Å². The lowest BCUT2D eigenvalue weighted by Gasteiger charge is -2.43. The van der Waals surface area contributed by atoms with Crippen LogP contribution in [0.15, 0.2) is 12.2 Å².